The van der Waals surface area contributed by atoms with Gasteiger partial charge in [0.15, 0.2) is 68.8 Å². The maximum Gasteiger partial charge on any atom is 0.351 e. The van der Waals surface area contributed by atoms with Gasteiger partial charge < -0.3 is 132 Å². The highest BCUT2D eigenvalue weighted by Crippen LogP contribution is 2.25. The number of nitrogens with zero attached hydrogens (tertiary/aromatic N) is 6. The second-order valence-corrected chi connectivity index (χ2v) is 28.6. The van der Waals surface area contributed by atoms with Crippen LogP contribution in [0.4, 0.5) is 17.5 Å². The van der Waals surface area contributed by atoms with Crippen molar-refractivity contribution in [2.45, 2.75) is 146 Å². The molecule has 44 nitrogen and oxygen atoms in total. The molecule has 14 unspecified atom stereocenters. The van der Waals surface area contributed by atoms with Gasteiger partial charge in [-0.15, -0.1) is 11.6 Å². The number of carbonyl (C=O) groups excluding carboxylic acids is 7. The highest BCUT2D eigenvalue weighted by atomic mass is 35.5. The molecule has 1 amide bonds. The van der Waals surface area contributed by atoms with Gasteiger partial charge in [-0.05, 0) is 97.1 Å². The maximum absolute atomic E-state index is 12.0. The topological polar surface area (TPSA) is 571 Å². The Bertz CT molecular complexity index is 5390. The van der Waals surface area contributed by atoms with Crippen molar-refractivity contribution >= 4 is 88.3 Å². The molecule has 0 bridgehead atoms. The van der Waals surface area contributed by atoms with Gasteiger partial charge in [-0.1, -0.05) is 161 Å². The summed E-state index contributed by atoms with van der Waals surface area (Å²) in [4.78, 5) is 138. The number of nitrogens with one attached hydrogen (secondary N) is 1. The standard InChI is InChI=1S/C18H15ClO6.C17H17N3O6.C15H15N3O5.C12H12O6.C12H14O5.C8H11N3O4.C5H9ClO3.7CH4/c19-14-8-4-7-13(9-14)18(21)25-16-11-22-15(24-16)10-23-17(20)12-5-2-1-3-6-12;1-11(21)18-13-7-8-20(17(23)19-13)14-9-24-15(26-14)10-25-16(22)12-5-3-2-4-6-12;16-11-6-7-18(15(20)17-11)12-8-21-13(23-12)9-22-14(19)10-4-2-1-3-5-10;13-11(14)9-6-16-10(18-9)7-17-12(15)8-4-2-1-3-5-8;13-6-10-7-15-11(17-10)8-16-12(14)9-4-2-1-3-5-9;9-5-1-2-11(8(13)10-5)6-4-14-7(3-12)15-6;6-1-5-8-3-4(2-7)9-5;;;;;;;/h1-9,15-16H,10-11H2;2-8,14-15H,9-10H2,1H3,(H,18,19,21,23);1-7,12-13H,8-9H2,(H2,16,17,20);1-5,9-10H,6-7H2,(H,13,14);1-5,10-11,13H,6-8H2;1-2,6-7,12H,3-4H2,(H2,9,10,13);4-5,7H,1-3H2;7*1H4. The Kier molecular flexibility index (Phi) is 55.3. The zero-order valence-electron chi connectivity index (χ0n) is 70.6. The lowest BCUT2D eigenvalue weighted by molar-refractivity contribution is -0.152. The summed E-state index contributed by atoms with van der Waals surface area (Å²) in [5.41, 5.74) is 11.7. The SMILES string of the molecule is C.C.C.C.C.C.C.CC(=O)Nc1ccn(C2COC(COC(=O)c3ccccc3)O2)c(=O)n1.Nc1ccn(C2COC(CO)O2)c(=O)n1.Nc1ccn(C2COC(COC(=O)c3ccccc3)O2)c(=O)n1.O=C(OCC1OCC(C(=O)O)O1)c1ccccc1.O=C(OCC1OCC(CO)O1)c1ccccc1.O=C(OCC1OCC(OC(=O)c2cccc(Cl)c2)O1)c1ccccc1.OCC1COC(CCl)O1. The Morgan fingerprint density at radius 1 is 0.379 bits per heavy atom. The molecule has 10 heterocycles. The predicted molar refractivity (Wildman–Crippen MR) is 504 cm³/mol. The van der Waals surface area contributed by atoms with E-state index >= 15 is 0 Å². The Morgan fingerprint density at radius 2 is 0.700 bits per heavy atom. The average Bonchev–Trinajstić information content (AvgIpc) is 1.72. The number of benzene rings is 6. The first-order chi connectivity index (χ1) is 64.3. The largest absolute Gasteiger partial charge is 0.479 e. The Labute approximate surface area is 817 Å². The van der Waals surface area contributed by atoms with Gasteiger partial charge in [-0.2, -0.15) is 15.0 Å². The van der Waals surface area contributed by atoms with Crippen molar-refractivity contribution in [2.75, 3.05) is 122 Å². The summed E-state index contributed by atoms with van der Waals surface area (Å²) in [5.74, 6) is -3.54. The molecule has 46 heteroatoms. The van der Waals surface area contributed by atoms with Crippen molar-refractivity contribution in [1.29, 1.82) is 0 Å². The van der Waals surface area contributed by atoms with Crippen molar-refractivity contribution < 1.29 is 154 Å². The quantitative estimate of drug-likeness (QED) is 0.0151. The molecular formula is C94H121Cl2N9O35. The summed E-state index contributed by atoms with van der Waals surface area (Å²) in [6, 6.07) is 53.8. The third-order valence-electron chi connectivity index (χ3n) is 18.1. The fraction of sp³-hybridized carbons (Fsp3) is 0.404. The number of aliphatic hydroxyl groups is 3. The number of ether oxygens (including phenoxy) is 20. The number of carbonyl (C=O) groups is 8. The molecule has 14 atom stereocenters. The van der Waals surface area contributed by atoms with Crippen LogP contribution in [-0.4, -0.2) is 270 Å². The van der Waals surface area contributed by atoms with E-state index < -0.39 is 128 Å². The molecular weight excluding hydrogens is 1890 g/mol. The van der Waals surface area contributed by atoms with Crippen molar-refractivity contribution in [3.63, 3.8) is 0 Å². The van der Waals surface area contributed by atoms with Crippen LogP contribution >= 0.6 is 23.2 Å². The zero-order chi connectivity index (χ0) is 95.0. The summed E-state index contributed by atoms with van der Waals surface area (Å²) in [7, 11) is 0. The lowest BCUT2D eigenvalue weighted by Gasteiger charge is -2.14. The number of aliphatic carboxylic acids is 1. The molecule has 0 aliphatic carbocycles. The summed E-state index contributed by atoms with van der Waals surface area (Å²) in [6.07, 6.45) is -4.52. The first-order valence-corrected chi connectivity index (χ1v) is 41.4. The summed E-state index contributed by atoms with van der Waals surface area (Å²) >= 11 is 11.2. The molecule has 0 spiro atoms. The van der Waals surface area contributed by atoms with Gasteiger partial charge in [-0.25, -0.2) is 47.9 Å². The van der Waals surface area contributed by atoms with Crippen LogP contribution in [0, 0.1) is 0 Å². The molecule has 7 saturated heterocycles. The minimum absolute atomic E-state index is 0. The van der Waals surface area contributed by atoms with Crippen LogP contribution in [0.15, 0.2) is 227 Å². The Hall–Kier alpha value is -12.8. The van der Waals surface area contributed by atoms with Crippen molar-refractivity contribution in [1.82, 2.24) is 28.7 Å². The number of esters is 6. The van der Waals surface area contributed by atoms with Crippen molar-refractivity contribution in [2.24, 2.45) is 0 Å². The van der Waals surface area contributed by atoms with E-state index in [1.807, 2.05) is 12.1 Å². The third kappa shape index (κ3) is 39.8. The number of hydrogen-bond donors (Lipinski definition) is 7. The zero-order valence-corrected chi connectivity index (χ0v) is 72.2. The van der Waals surface area contributed by atoms with Gasteiger partial charge >= 0.3 is 58.9 Å². The summed E-state index contributed by atoms with van der Waals surface area (Å²) in [5, 5.41) is 37.7. The van der Waals surface area contributed by atoms with E-state index in [2.05, 4.69) is 20.3 Å². The van der Waals surface area contributed by atoms with E-state index in [0.29, 0.717) is 57.5 Å². The molecule has 0 saturated carbocycles. The third-order valence-corrected chi connectivity index (χ3v) is 18.6. The van der Waals surface area contributed by atoms with E-state index in [1.54, 1.807) is 158 Å². The summed E-state index contributed by atoms with van der Waals surface area (Å²) < 4.78 is 108. The molecule has 7 aliphatic heterocycles. The second-order valence-electron chi connectivity index (χ2n) is 27.9. The number of alkyl halides is 1. The molecule has 3 aromatic heterocycles. The molecule has 7 aliphatic rings. The number of carboxylic acids is 1. The normalized spacial score (nSPS) is 21.2. The minimum atomic E-state index is -1.09. The molecule has 16 rings (SSSR count). The lowest BCUT2D eigenvalue weighted by Crippen LogP contribution is -2.29. The predicted octanol–water partition coefficient (Wildman–Crippen LogP) is 8.88. The van der Waals surface area contributed by atoms with Crippen LogP contribution in [0.25, 0.3) is 0 Å². The molecule has 9 N–H and O–H groups in total. The molecule has 6 aromatic carbocycles. The molecule has 7 fully saturated rings. The number of rotatable bonds is 26. The first kappa shape index (κ1) is 121. The molecule has 9 aromatic rings. The fourth-order valence-electron chi connectivity index (χ4n) is 11.7. The van der Waals surface area contributed by atoms with Crippen LogP contribution in [-0.2, 0) is 104 Å². The van der Waals surface area contributed by atoms with Gasteiger partial charge in [0.05, 0.1) is 98.7 Å². The van der Waals surface area contributed by atoms with E-state index in [9.17, 15) is 52.7 Å². The van der Waals surface area contributed by atoms with Gasteiger partial charge in [-0.3, -0.25) is 18.5 Å². The Balaban J connectivity index is 0.000000423. The van der Waals surface area contributed by atoms with E-state index in [-0.39, 0.29) is 180 Å². The lowest BCUT2D eigenvalue weighted by atomic mass is 10.2. The van der Waals surface area contributed by atoms with E-state index in [1.165, 1.54) is 63.5 Å². The van der Waals surface area contributed by atoms with Gasteiger partial charge in [0.2, 0.25) is 12.2 Å². The maximum atomic E-state index is 12.0. The number of hydrogen-bond acceptors (Lipinski definition) is 39. The number of carboxylic acid groups (broad SMARTS) is 1. The van der Waals surface area contributed by atoms with E-state index in [0.717, 1.165) is 0 Å². The number of nitrogens with two attached hydrogens (primary N) is 2. The van der Waals surface area contributed by atoms with Crippen molar-refractivity contribution in [3.05, 3.63) is 283 Å². The highest BCUT2D eigenvalue weighted by Gasteiger charge is 2.36. The molecule has 766 valence electrons. The number of aliphatic hydroxyl groups excluding tert-OH is 3. The van der Waals surface area contributed by atoms with Crippen LogP contribution in [0.5, 0.6) is 0 Å². The first-order valence-electron chi connectivity index (χ1n) is 40.4. The monoisotopic (exact) mass is 2010 g/mol. The van der Waals surface area contributed by atoms with Gasteiger partial charge in [0.25, 0.3) is 0 Å². The van der Waals surface area contributed by atoms with Gasteiger partial charge in [0.1, 0.15) is 69.3 Å². The molecule has 140 heavy (non-hydrogen) atoms. The number of nitrogen functional groups attached to an aromatic ring is 2. The van der Waals surface area contributed by atoms with E-state index in [4.69, 9.17) is 150 Å². The number of amides is 1. The van der Waals surface area contributed by atoms with Crippen LogP contribution in [0.1, 0.15) is 140 Å². The average molecular weight is 2010 g/mol. The highest BCUT2D eigenvalue weighted by molar-refractivity contribution is 6.30. The van der Waals surface area contributed by atoms with Crippen molar-refractivity contribution in [3.8, 4) is 0 Å². The van der Waals surface area contributed by atoms with Crippen LogP contribution in [0.2, 0.25) is 5.02 Å². The van der Waals surface area contributed by atoms with Gasteiger partial charge in [0, 0.05) is 30.5 Å². The van der Waals surface area contributed by atoms with Crippen LogP contribution in [0.3, 0.4) is 0 Å². The number of anilines is 3. The minimum Gasteiger partial charge on any atom is -0.479 e. The second kappa shape index (κ2) is 63.7. The number of aromatic nitrogens is 6. The smallest absolute Gasteiger partial charge is 0.351 e. The fourth-order valence-corrected chi connectivity index (χ4v) is 12.0. The van der Waals surface area contributed by atoms with Crippen LogP contribution < -0.4 is 33.9 Å². The summed E-state index contributed by atoms with van der Waals surface area (Å²) in [6.45, 7) is 1.89. The Morgan fingerprint density at radius 3 is 1.03 bits per heavy atom. The molecule has 0 radical (unpaired) electrons. The number of halogens is 2.